The van der Waals surface area contributed by atoms with Crippen LogP contribution in [0.1, 0.15) is 22.3 Å². The smallest absolute Gasteiger partial charge is 0.0713 e. The molecule has 1 aliphatic rings. The second-order valence-corrected chi connectivity index (χ2v) is 21.1. The predicted molar refractivity (Wildman–Crippen MR) is 310 cm³/mol. The lowest BCUT2D eigenvalue weighted by atomic mass is 9.68. The van der Waals surface area contributed by atoms with Crippen molar-refractivity contribution >= 4 is 102 Å². The monoisotopic (exact) mass is 949 g/mol. The Morgan fingerprint density at radius 1 is 0.278 bits per heavy atom. The van der Waals surface area contributed by atoms with Crippen LogP contribution in [0, 0.1) is 0 Å². The Morgan fingerprint density at radius 2 is 0.736 bits per heavy atom. The van der Waals surface area contributed by atoms with Crippen molar-refractivity contribution in [3.8, 4) is 33.4 Å². The zero-order chi connectivity index (χ0) is 47.3. The van der Waals surface area contributed by atoms with Crippen LogP contribution >= 0.6 is 22.7 Å². The molecule has 336 valence electrons. The van der Waals surface area contributed by atoms with Gasteiger partial charge in [0.25, 0.3) is 0 Å². The van der Waals surface area contributed by atoms with Gasteiger partial charge in [-0.3, -0.25) is 0 Å². The zero-order valence-electron chi connectivity index (χ0n) is 39.1. The van der Waals surface area contributed by atoms with Crippen LogP contribution in [0.2, 0.25) is 0 Å². The molecule has 0 aliphatic heterocycles. The van der Waals surface area contributed by atoms with Gasteiger partial charge in [0.15, 0.2) is 0 Å². The van der Waals surface area contributed by atoms with E-state index in [1.807, 2.05) is 22.7 Å². The predicted octanol–water partition coefficient (Wildman–Crippen LogP) is 19.9. The Bertz CT molecular complexity index is 4380. The first-order chi connectivity index (χ1) is 35.7. The zero-order valence-corrected chi connectivity index (χ0v) is 40.7. The van der Waals surface area contributed by atoms with Gasteiger partial charge in [0.2, 0.25) is 0 Å². The molecule has 0 bridgehead atoms. The summed E-state index contributed by atoms with van der Waals surface area (Å²) in [5, 5.41) is 10.5. The Kier molecular flexibility index (Phi) is 9.29. The molecule has 3 heteroatoms. The van der Waals surface area contributed by atoms with E-state index in [-0.39, 0.29) is 0 Å². The molecule has 14 aromatic rings. The highest BCUT2D eigenvalue weighted by molar-refractivity contribution is 7.27. The third-order valence-electron chi connectivity index (χ3n) is 15.4. The highest BCUT2D eigenvalue weighted by Gasteiger charge is 2.45. The molecule has 0 spiro atoms. The molecule has 72 heavy (non-hydrogen) atoms. The molecule has 0 N–H and O–H groups in total. The van der Waals surface area contributed by atoms with Crippen LogP contribution < -0.4 is 4.90 Å². The fourth-order valence-electron chi connectivity index (χ4n) is 12.1. The number of hydrogen-bond acceptors (Lipinski definition) is 3. The molecule has 2 heterocycles. The largest absolute Gasteiger partial charge is 0.311 e. The Balaban J connectivity index is 0.872. The Hall–Kier alpha value is -8.60. The number of benzene rings is 12. The van der Waals surface area contributed by atoms with Gasteiger partial charge >= 0.3 is 0 Å². The lowest BCUT2D eigenvalue weighted by Crippen LogP contribution is -2.28. The van der Waals surface area contributed by atoms with Crippen molar-refractivity contribution in [3.63, 3.8) is 0 Å². The summed E-state index contributed by atoms with van der Waals surface area (Å²) in [6, 6.07) is 97.1. The minimum absolute atomic E-state index is 0.471. The minimum atomic E-state index is -0.471. The third kappa shape index (κ3) is 6.11. The first kappa shape index (κ1) is 41.2. The maximum absolute atomic E-state index is 2.42. The second kappa shape index (κ2) is 16.2. The molecule has 0 atom stereocenters. The van der Waals surface area contributed by atoms with Gasteiger partial charge in [-0.25, -0.2) is 0 Å². The summed E-state index contributed by atoms with van der Waals surface area (Å²) in [6.07, 6.45) is 0. The molecule has 12 aromatic carbocycles. The van der Waals surface area contributed by atoms with Gasteiger partial charge in [0.1, 0.15) is 0 Å². The van der Waals surface area contributed by atoms with E-state index in [0.717, 1.165) is 17.1 Å². The summed E-state index contributed by atoms with van der Waals surface area (Å²) in [4.78, 5) is 2.42. The van der Waals surface area contributed by atoms with Gasteiger partial charge in [0, 0.05) is 62.8 Å². The molecule has 2 aromatic heterocycles. The van der Waals surface area contributed by atoms with Crippen LogP contribution in [-0.2, 0) is 5.41 Å². The van der Waals surface area contributed by atoms with Crippen LogP contribution in [0.4, 0.5) is 17.1 Å². The SMILES string of the molecule is c1ccc(C2(c3ccc(N(c4ccc(-c5cccc6c5sc5ccccc56)cc4)c4ccc(-c5cccc6c5sc5c6ccc6ccc7ccccc7c65)cc4)cc3)c3ccccc3-c3ccccc32)cc1. The van der Waals surface area contributed by atoms with Crippen molar-refractivity contribution in [3.05, 3.63) is 283 Å². The number of anilines is 3. The average Bonchev–Trinajstić information content (AvgIpc) is 4.13. The summed E-state index contributed by atoms with van der Waals surface area (Å²) in [7, 11) is 0. The number of fused-ring (bicyclic) bond motifs is 13. The average molecular weight is 950 g/mol. The van der Waals surface area contributed by atoms with Gasteiger partial charge < -0.3 is 4.90 Å². The topological polar surface area (TPSA) is 3.24 Å². The second-order valence-electron chi connectivity index (χ2n) is 19.1. The van der Waals surface area contributed by atoms with E-state index in [9.17, 15) is 0 Å². The molecule has 1 nitrogen and oxygen atoms in total. The maximum atomic E-state index is 2.42. The van der Waals surface area contributed by atoms with E-state index >= 15 is 0 Å². The summed E-state index contributed by atoms with van der Waals surface area (Å²) in [6.45, 7) is 0. The fraction of sp³-hybridized carbons (Fsp3) is 0.0145. The van der Waals surface area contributed by atoms with E-state index in [0.29, 0.717) is 0 Å². The van der Waals surface area contributed by atoms with Crippen molar-refractivity contribution < 1.29 is 0 Å². The van der Waals surface area contributed by atoms with Gasteiger partial charge in [-0.15, -0.1) is 22.7 Å². The summed E-state index contributed by atoms with van der Waals surface area (Å²) < 4.78 is 5.31. The molecule has 0 fully saturated rings. The van der Waals surface area contributed by atoms with Crippen LogP contribution in [0.5, 0.6) is 0 Å². The number of rotatable bonds is 7. The Morgan fingerprint density at radius 3 is 1.40 bits per heavy atom. The van der Waals surface area contributed by atoms with E-state index < -0.39 is 5.41 Å². The Labute approximate surface area is 425 Å². The fourth-order valence-corrected chi connectivity index (χ4v) is 14.8. The maximum Gasteiger partial charge on any atom is 0.0713 e. The molecule has 1 aliphatic carbocycles. The first-order valence-electron chi connectivity index (χ1n) is 24.7. The molecule has 0 saturated carbocycles. The van der Waals surface area contributed by atoms with Crippen molar-refractivity contribution in [2.75, 3.05) is 4.90 Å². The molecule has 15 rings (SSSR count). The minimum Gasteiger partial charge on any atom is -0.311 e. The van der Waals surface area contributed by atoms with Gasteiger partial charge in [0.05, 0.1) is 5.41 Å². The first-order valence-corrected chi connectivity index (χ1v) is 26.4. The van der Waals surface area contributed by atoms with E-state index in [4.69, 9.17) is 0 Å². The van der Waals surface area contributed by atoms with Crippen LogP contribution in [0.25, 0.3) is 95.3 Å². The lowest BCUT2D eigenvalue weighted by molar-refractivity contribution is 0.768. The molecular formula is C69H43NS2. The van der Waals surface area contributed by atoms with E-state index in [2.05, 4.69) is 266 Å². The van der Waals surface area contributed by atoms with Gasteiger partial charge in [-0.2, -0.15) is 0 Å². The van der Waals surface area contributed by atoms with Crippen LogP contribution in [-0.4, -0.2) is 0 Å². The summed E-state index contributed by atoms with van der Waals surface area (Å²) in [5.41, 5.74) is 15.5. The van der Waals surface area contributed by atoms with Crippen molar-refractivity contribution in [2.24, 2.45) is 0 Å². The van der Waals surface area contributed by atoms with E-state index in [1.54, 1.807) is 0 Å². The van der Waals surface area contributed by atoms with Crippen molar-refractivity contribution in [1.82, 2.24) is 0 Å². The van der Waals surface area contributed by atoms with Gasteiger partial charge in [-0.05, 0) is 114 Å². The highest BCUT2D eigenvalue weighted by atomic mass is 32.1. The molecule has 0 saturated heterocycles. The third-order valence-corrected chi connectivity index (χ3v) is 17.9. The van der Waals surface area contributed by atoms with Crippen molar-refractivity contribution in [2.45, 2.75) is 5.41 Å². The lowest BCUT2D eigenvalue weighted by Gasteiger charge is -2.34. The molecule has 0 radical (unpaired) electrons. The van der Waals surface area contributed by atoms with Crippen LogP contribution in [0.3, 0.4) is 0 Å². The summed E-state index contributed by atoms with van der Waals surface area (Å²) >= 11 is 3.80. The quantitative estimate of drug-likeness (QED) is 0.144. The standard InChI is InChI=1S/C69H43NS2/c1-2-15-48(16-3-1)69(62-25-9-6-18-56(62)57-19-7-10-26-63(57)69)49-35-41-52(42-36-49)70(50-37-30-45(31-38-50)54-21-12-23-59-58-20-8-11-27-64(58)71-66(54)59)51-39-32-46(33-40-51)55-22-13-24-60-61-43-34-47-29-28-44-14-4-5-17-53(44)65(47)68(61)72-67(55)60/h1-43H. The van der Waals surface area contributed by atoms with Gasteiger partial charge in [-0.1, -0.05) is 218 Å². The number of hydrogen-bond donors (Lipinski definition) is 0. The molecule has 0 unspecified atom stereocenters. The molecular weight excluding hydrogens is 907 g/mol. The van der Waals surface area contributed by atoms with E-state index in [1.165, 1.54) is 118 Å². The van der Waals surface area contributed by atoms with Crippen molar-refractivity contribution in [1.29, 1.82) is 0 Å². The highest BCUT2D eigenvalue weighted by Crippen LogP contribution is 2.56. The normalized spacial score (nSPS) is 12.8. The number of nitrogens with zero attached hydrogens (tertiary/aromatic N) is 1. The van der Waals surface area contributed by atoms with Crippen LogP contribution in [0.15, 0.2) is 261 Å². The molecule has 0 amide bonds. The summed E-state index contributed by atoms with van der Waals surface area (Å²) in [5.74, 6) is 0. The number of thiophene rings is 2.